The van der Waals surface area contributed by atoms with Gasteiger partial charge in [-0.05, 0) is 49.8 Å². The van der Waals surface area contributed by atoms with Crippen LogP contribution in [0, 0.1) is 12.8 Å². The van der Waals surface area contributed by atoms with Crippen LogP contribution in [0.2, 0.25) is 0 Å². The van der Waals surface area contributed by atoms with Gasteiger partial charge in [0.25, 0.3) is 15.0 Å². The average Bonchev–Trinajstić information content (AvgIpc) is 3.01. The van der Waals surface area contributed by atoms with Crippen LogP contribution in [0.5, 0.6) is 0 Å². The number of hydrogen-bond acceptors (Lipinski definition) is 3. The van der Waals surface area contributed by atoms with Gasteiger partial charge < -0.3 is 4.90 Å². The van der Waals surface area contributed by atoms with E-state index in [0.717, 1.165) is 19.4 Å². The number of likely N-dealkylation sites (tertiary alicyclic amines) is 1. The molecule has 1 aliphatic heterocycles. The van der Waals surface area contributed by atoms with E-state index in [1.807, 2.05) is 4.90 Å². The number of halogens is 2. The van der Waals surface area contributed by atoms with E-state index in [0.29, 0.717) is 27.6 Å². The van der Waals surface area contributed by atoms with Gasteiger partial charge in [-0.25, -0.2) is 8.42 Å². The first-order valence-electron chi connectivity index (χ1n) is 6.83. The molecule has 0 spiro atoms. The standard InChI is InChI=1S/C14H15BrClNO3S/c1-8-12(15)5-10(6-13(8)21(16,19)20)14(18)17-7-9-2-3-11(17)4-9/h5-6,9,11H,2-4,7H2,1H3. The zero-order valence-electron chi connectivity index (χ0n) is 11.5. The molecule has 0 aromatic heterocycles. The smallest absolute Gasteiger partial charge is 0.261 e. The second-order valence-electron chi connectivity index (χ2n) is 5.81. The summed E-state index contributed by atoms with van der Waals surface area (Å²) in [5.41, 5.74) is 0.892. The fourth-order valence-corrected chi connectivity index (χ4v) is 5.19. The molecule has 1 aliphatic carbocycles. The van der Waals surface area contributed by atoms with E-state index in [2.05, 4.69) is 15.9 Å². The number of carbonyl (C=O) groups is 1. The molecule has 2 fully saturated rings. The minimum absolute atomic E-state index is 0.00810. The van der Waals surface area contributed by atoms with Crippen LogP contribution in [0.4, 0.5) is 0 Å². The second-order valence-corrected chi connectivity index (χ2v) is 9.20. The van der Waals surface area contributed by atoms with E-state index in [1.165, 1.54) is 12.5 Å². The topological polar surface area (TPSA) is 54.5 Å². The molecule has 2 unspecified atom stereocenters. The van der Waals surface area contributed by atoms with Gasteiger partial charge in [0, 0.05) is 33.3 Å². The molecule has 3 rings (SSSR count). The molecule has 0 N–H and O–H groups in total. The SMILES string of the molecule is Cc1c(Br)cc(C(=O)N2CC3CCC2C3)cc1S(=O)(=O)Cl. The van der Waals surface area contributed by atoms with Gasteiger partial charge in [0.15, 0.2) is 0 Å². The summed E-state index contributed by atoms with van der Waals surface area (Å²) in [6.07, 6.45) is 3.30. The molecule has 0 radical (unpaired) electrons. The number of nitrogens with zero attached hydrogens (tertiary/aromatic N) is 1. The van der Waals surface area contributed by atoms with E-state index >= 15 is 0 Å². The summed E-state index contributed by atoms with van der Waals surface area (Å²) in [6.45, 7) is 2.43. The Morgan fingerprint density at radius 1 is 1.38 bits per heavy atom. The van der Waals surface area contributed by atoms with Gasteiger partial charge in [-0.1, -0.05) is 15.9 Å². The Morgan fingerprint density at radius 3 is 2.62 bits per heavy atom. The Labute approximate surface area is 137 Å². The minimum Gasteiger partial charge on any atom is -0.335 e. The van der Waals surface area contributed by atoms with Crippen molar-refractivity contribution in [3.63, 3.8) is 0 Å². The van der Waals surface area contributed by atoms with Crippen LogP contribution < -0.4 is 0 Å². The number of benzene rings is 1. The summed E-state index contributed by atoms with van der Waals surface area (Å²) in [7, 11) is 1.59. The van der Waals surface area contributed by atoms with Crippen LogP contribution >= 0.6 is 26.6 Å². The molecule has 2 aliphatic rings. The minimum atomic E-state index is -3.87. The third kappa shape index (κ3) is 2.73. The van der Waals surface area contributed by atoms with Gasteiger partial charge in [0.05, 0.1) is 4.90 Å². The van der Waals surface area contributed by atoms with Gasteiger partial charge in [-0.2, -0.15) is 0 Å². The van der Waals surface area contributed by atoms with Crippen LogP contribution in [0.3, 0.4) is 0 Å². The molecule has 1 heterocycles. The summed E-state index contributed by atoms with van der Waals surface area (Å²) in [6, 6.07) is 3.37. The molecule has 2 atom stereocenters. The molecule has 2 bridgehead atoms. The normalized spacial score (nSPS) is 24.6. The molecule has 1 amide bonds. The molecule has 4 nitrogen and oxygen atoms in total. The molecular formula is C14H15BrClNO3S. The molecule has 1 aromatic rings. The molecule has 1 saturated carbocycles. The maximum absolute atomic E-state index is 12.6. The van der Waals surface area contributed by atoms with Crippen molar-refractivity contribution in [3.8, 4) is 0 Å². The van der Waals surface area contributed by atoms with Crippen molar-refractivity contribution < 1.29 is 13.2 Å². The lowest BCUT2D eigenvalue weighted by Crippen LogP contribution is -2.37. The van der Waals surface area contributed by atoms with Gasteiger partial charge in [0.2, 0.25) is 0 Å². The number of rotatable bonds is 2. The van der Waals surface area contributed by atoms with Gasteiger partial charge in [0.1, 0.15) is 0 Å². The second kappa shape index (κ2) is 5.25. The van der Waals surface area contributed by atoms with Crippen LogP contribution in [0.15, 0.2) is 21.5 Å². The van der Waals surface area contributed by atoms with Crippen molar-refractivity contribution in [2.24, 2.45) is 5.92 Å². The van der Waals surface area contributed by atoms with Crippen molar-refractivity contribution >= 4 is 41.6 Å². The Hall–Kier alpha value is -0.590. The Kier molecular flexibility index (Phi) is 3.83. The van der Waals surface area contributed by atoms with Crippen LogP contribution in [-0.2, 0) is 9.05 Å². The molecular weight excluding hydrogens is 378 g/mol. The highest BCUT2D eigenvalue weighted by atomic mass is 79.9. The molecule has 1 aromatic carbocycles. The van der Waals surface area contributed by atoms with Crippen LogP contribution in [0.25, 0.3) is 0 Å². The Balaban J connectivity index is 1.99. The summed E-state index contributed by atoms with van der Waals surface area (Å²) in [5, 5.41) is 0. The lowest BCUT2D eigenvalue weighted by Gasteiger charge is -2.27. The number of fused-ring (bicyclic) bond motifs is 2. The first-order chi connectivity index (χ1) is 9.77. The first-order valence-corrected chi connectivity index (χ1v) is 9.93. The third-order valence-electron chi connectivity index (χ3n) is 4.48. The fraction of sp³-hybridized carbons (Fsp3) is 0.500. The number of hydrogen-bond donors (Lipinski definition) is 0. The first kappa shape index (κ1) is 15.3. The molecule has 7 heteroatoms. The zero-order chi connectivity index (χ0) is 15.4. The monoisotopic (exact) mass is 391 g/mol. The van der Waals surface area contributed by atoms with E-state index < -0.39 is 9.05 Å². The van der Waals surface area contributed by atoms with Crippen molar-refractivity contribution in [1.29, 1.82) is 0 Å². The van der Waals surface area contributed by atoms with E-state index in [4.69, 9.17) is 10.7 Å². The third-order valence-corrected chi connectivity index (χ3v) is 6.75. The van der Waals surface area contributed by atoms with Crippen molar-refractivity contribution in [2.45, 2.75) is 37.1 Å². The fourth-order valence-electron chi connectivity index (χ4n) is 3.37. The van der Waals surface area contributed by atoms with Crippen LogP contribution in [-0.4, -0.2) is 31.8 Å². The predicted octanol–water partition coefficient (Wildman–Crippen LogP) is 3.31. The summed E-state index contributed by atoms with van der Waals surface area (Å²) in [5.74, 6) is 0.494. The average molecular weight is 393 g/mol. The number of carbonyl (C=O) groups excluding carboxylic acids is 1. The van der Waals surface area contributed by atoms with E-state index in [1.54, 1.807) is 13.0 Å². The molecule has 114 valence electrons. The highest BCUT2D eigenvalue weighted by Crippen LogP contribution is 2.38. The summed E-state index contributed by atoms with van der Waals surface area (Å²) < 4.78 is 23.9. The Bertz CT molecular complexity index is 719. The summed E-state index contributed by atoms with van der Waals surface area (Å²) >= 11 is 3.31. The zero-order valence-corrected chi connectivity index (χ0v) is 14.6. The maximum atomic E-state index is 12.6. The lowest BCUT2D eigenvalue weighted by atomic mass is 10.1. The van der Waals surface area contributed by atoms with E-state index in [-0.39, 0.29) is 10.8 Å². The van der Waals surface area contributed by atoms with E-state index in [9.17, 15) is 13.2 Å². The lowest BCUT2D eigenvalue weighted by molar-refractivity contribution is 0.0703. The van der Waals surface area contributed by atoms with Crippen molar-refractivity contribution in [3.05, 3.63) is 27.7 Å². The van der Waals surface area contributed by atoms with Gasteiger partial charge >= 0.3 is 0 Å². The summed E-state index contributed by atoms with van der Waals surface area (Å²) in [4.78, 5) is 14.5. The molecule has 1 saturated heterocycles. The van der Waals surface area contributed by atoms with Crippen LogP contribution in [0.1, 0.15) is 35.2 Å². The number of amides is 1. The van der Waals surface area contributed by atoms with Gasteiger partial charge in [-0.3, -0.25) is 4.79 Å². The Morgan fingerprint density at radius 2 is 2.10 bits per heavy atom. The highest BCUT2D eigenvalue weighted by Gasteiger charge is 2.40. The maximum Gasteiger partial charge on any atom is 0.261 e. The largest absolute Gasteiger partial charge is 0.335 e. The van der Waals surface area contributed by atoms with Gasteiger partial charge in [-0.15, -0.1) is 0 Å². The molecule has 21 heavy (non-hydrogen) atoms. The number of piperidine rings is 1. The van der Waals surface area contributed by atoms with Crippen molar-refractivity contribution in [1.82, 2.24) is 4.90 Å². The quantitative estimate of drug-likeness (QED) is 0.726. The van der Waals surface area contributed by atoms with Crippen molar-refractivity contribution in [2.75, 3.05) is 6.54 Å². The predicted molar refractivity (Wildman–Crippen MR) is 84.1 cm³/mol. The highest BCUT2D eigenvalue weighted by molar-refractivity contribution is 9.10.